The Morgan fingerprint density at radius 1 is 0.929 bits per heavy atom. The van der Waals surface area contributed by atoms with Gasteiger partial charge in [-0.05, 0) is 0 Å². The number of hydrogen-bond acceptors (Lipinski definition) is 0. The van der Waals surface area contributed by atoms with Gasteiger partial charge >= 0.3 is 0 Å². The van der Waals surface area contributed by atoms with Crippen molar-refractivity contribution >= 4 is 15.5 Å². The first-order valence-electron chi connectivity index (χ1n) is 4.89. The van der Waals surface area contributed by atoms with Gasteiger partial charge in [0.2, 0.25) is 0 Å². The van der Waals surface area contributed by atoms with E-state index in [-0.39, 0.29) is 12.9 Å². The molecule has 1 aromatic rings. The average molecular weight is 218 g/mol. The van der Waals surface area contributed by atoms with E-state index in [4.69, 9.17) is 0 Å². The van der Waals surface area contributed by atoms with Gasteiger partial charge in [0.25, 0.3) is 0 Å². The summed E-state index contributed by atoms with van der Waals surface area (Å²) in [7, 11) is -0.401. The summed E-state index contributed by atoms with van der Waals surface area (Å²) in [6, 6.07) is 6.50. The maximum absolute atomic E-state index is 2.43. The van der Waals surface area contributed by atoms with E-state index in [0.29, 0.717) is 0 Å². The van der Waals surface area contributed by atoms with Crippen LogP contribution in [-0.4, -0.2) is 8.06 Å². The number of allylic oxidation sites excluding steroid dienone is 2. The van der Waals surface area contributed by atoms with Crippen LogP contribution in [0.2, 0.25) is 0 Å². The topological polar surface area (TPSA) is 0 Å². The summed E-state index contributed by atoms with van der Waals surface area (Å²) in [4.78, 5) is 0. The summed E-state index contributed by atoms with van der Waals surface area (Å²) in [6.07, 6.45) is 4.72. The second-order valence-electron chi connectivity index (χ2n) is 4.20. The lowest BCUT2D eigenvalue weighted by atomic mass is 9.94. The number of rotatable bonds is 1. The highest BCUT2D eigenvalue weighted by molar-refractivity contribution is 7.92. The molecule has 72 valence electrons. The van der Waals surface area contributed by atoms with Crippen LogP contribution in [0.1, 0.15) is 13.8 Å². The van der Waals surface area contributed by atoms with Crippen molar-refractivity contribution in [2.75, 3.05) is 0 Å². The Morgan fingerprint density at radius 2 is 1.50 bits per heavy atom. The summed E-state index contributed by atoms with van der Waals surface area (Å²) in [5.41, 5.74) is 5.06. The first-order valence-corrected chi connectivity index (χ1v) is 8.87. The summed E-state index contributed by atoms with van der Waals surface area (Å²) < 4.78 is 0. The molecule has 0 amide bonds. The zero-order chi connectivity index (χ0) is 10.0. The van der Waals surface area contributed by atoms with Crippen molar-refractivity contribution in [2.45, 2.75) is 13.8 Å². The van der Waals surface area contributed by atoms with E-state index < -0.39 is 8.06 Å². The Balaban J connectivity index is 2.22. The highest BCUT2D eigenvalue weighted by Crippen LogP contribution is 2.45. The molecule has 0 saturated heterocycles. The SMILES string of the molecule is CC1(C)C=CP([si]2ccccc2)C=C1. The molecule has 0 bridgehead atoms. The fraction of sp³-hybridized carbons (Fsp3) is 0.250. The van der Waals surface area contributed by atoms with Crippen molar-refractivity contribution < 1.29 is 0 Å². The van der Waals surface area contributed by atoms with Crippen molar-refractivity contribution in [3.05, 3.63) is 53.3 Å². The Bertz CT molecular complexity index is 349. The van der Waals surface area contributed by atoms with E-state index in [1.54, 1.807) is 0 Å². The van der Waals surface area contributed by atoms with E-state index in [2.05, 4.69) is 67.2 Å². The Labute approximate surface area is 88.5 Å². The molecule has 2 heteroatoms. The van der Waals surface area contributed by atoms with E-state index in [1.165, 1.54) is 0 Å². The molecular weight excluding hydrogens is 203 g/mol. The molecule has 2 rings (SSSR count). The molecule has 0 saturated carbocycles. The van der Waals surface area contributed by atoms with Crippen molar-refractivity contribution in [3.8, 4) is 0 Å². The molecule has 1 aromatic heterocycles. The molecule has 0 aromatic carbocycles. The van der Waals surface area contributed by atoms with Gasteiger partial charge in [0, 0.05) is 5.41 Å². The predicted molar refractivity (Wildman–Crippen MR) is 66.8 cm³/mol. The second-order valence-corrected chi connectivity index (χ2v) is 10.2. The quantitative estimate of drug-likeness (QED) is 0.493. The molecular formula is C12H15PSi. The minimum Gasteiger partial charge on any atom is -0.0744 e. The monoisotopic (exact) mass is 218 g/mol. The molecule has 0 radical (unpaired) electrons. The van der Waals surface area contributed by atoms with Crippen LogP contribution in [0.25, 0.3) is 0 Å². The zero-order valence-corrected chi connectivity index (χ0v) is 10.5. The zero-order valence-electron chi connectivity index (χ0n) is 8.64. The minimum atomic E-state index is -0.400. The highest BCUT2D eigenvalue weighted by Gasteiger charge is 2.15. The maximum atomic E-state index is 2.43. The van der Waals surface area contributed by atoms with Crippen LogP contribution in [0.4, 0.5) is 0 Å². The van der Waals surface area contributed by atoms with Crippen LogP contribution in [0, 0.1) is 5.41 Å². The molecule has 0 unspecified atom stereocenters. The summed E-state index contributed by atoms with van der Waals surface area (Å²) in [5, 5.41) is 0. The average Bonchev–Trinajstić information content (AvgIpc) is 2.19. The van der Waals surface area contributed by atoms with Gasteiger partial charge in [0.15, 0.2) is 0 Å². The van der Waals surface area contributed by atoms with Gasteiger partial charge in [-0.1, -0.05) is 74.7 Å². The van der Waals surface area contributed by atoms with E-state index >= 15 is 0 Å². The maximum Gasteiger partial charge on any atom is 0.0760 e. The molecule has 2 heterocycles. The summed E-state index contributed by atoms with van der Waals surface area (Å²) in [6.45, 7) is 4.51. The molecule has 0 fully saturated rings. The van der Waals surface area contributed by atoms with E-state index in [9.17, 15) is 0 Å². The predicted octanol–water partition coefficient (Wildman–Crippen LogP) is 4.02. The standard InChI is InChI=1S/C12H15PSi/c1-12(2)6-8-13(9-7-12)14-10-4-3-5-11-14/h3-11H,1-2H3. The van der Waals surface area contributed by atoms with Gasteiger partial charge in [0.1, 0.15) is 0 Å². The van der Waals surface area contributed by atoms with Crippen molar-refractivity contribution in [2.24, 2.45) is 5.41 Å². The van der Waals surface area contributed by atoms with Gasteiger partial charge < -0.3 is 0 Å². The van der Waals surface area contributed by atoms with Crippen LogP contribution in [0.5, 0.6) is 0 Å². The van der Waals surface area contributed by atoms with Crippen molar-refractivity contribution in [3.63, 3.8) is 0 Å². The minimum absolute atomic E-state index is 0.00122. The van der Waals surface area contributed by atoms with Crippen LogP contribution in [-0.2, 0) is 0 Å². The third-order valence-corrected chi connectivity index (χ3v) is 8.57. The smallest absolute Gasteiger partial charge is 0.0744 e. The van der Waals surface area contributed by atoms with Crippen molar-refractivity contribution in [1.29, 1.82) is 0 Å². The molecule has 0 aliphatic carbocycles. The van der Waals surface area contributed by atoms with Gasteiger partial charge in [-0.15, -0.1) is 0 Å². The molecule has 14 heavy (non-hydrogen) atoms. The Kier molecular flexibility index (Phi) is 2.80. The first-order chi connectivity index (χ1) is 6.67. The molecule has 1 aliphatic heterocycles. The largest absolute Gasteiger partial charge is 0.0760 e. The Morgan fingerprint density at radius 3 is 2.07 bits per heavy atom. The lowest BCUT2D eigenvalue weighted by molar-refractivity contribution is 0.626. The third-order valence-electron chi connectivity index (χ3n) is 2.38. The third kappa shape index (κ3) is 2.29. The van der Waals surface area contributed by atoms with Crippen LogP contribution in [0.15, 0.2) is 53.3 Å². The van der Waals surface area contributed by atoms with Gasteiger partial charge in [0.05, 0.1) is 8.06 Å². The molecule has 1 aliphatic rings. The van der Waals surface area contributed by atoms with E-state index in [1.807, 2.05) is 0 Å². The van der Waals surface area contributed by atoms with Crippen LogP contribution >= 0.6 is 7.47 Å². The fourth-order valence-electron chi connectivity index (χ4n) is 1.42. The lowest BCUT2D eigenvalue weighted by Crippen LogP contribution is -2.05. The number of hydrogen-bond donors (Lipinski definition) is 0. The molecule has 0 N–H and O–H groups in total. The highest BCUT2D eigenvalue weighted by atomic mass is 31.4. The van der Waals surface area contributed by atoms with Crippen LogP contribution in [0.3, 0.4) is 0 Å². The molecule has 0 atom stereocenters. The van der Waals surface area contributed by atoms with Crippen LogP contribution < -0.4 is 0 Å². The van der Waals surface area contributed by atoms with Gasteiger partial charge in [-0.3, -0.25) is 0 Å². The summed E-state index contributed by atoms with van der Waals surface area (Å²) >= 11 is 0. The Hall–Kier alpha value is -0.523. The molecule has 0 nitrogen and oxygen atoms in total. The van der Waals surface area contributed by atoms with Crippen molar-refractivity contribution in [1.82, 2.24) is 0 Å². The molecule has 0 spiro atoms. The first kappa shape index (κ1) is 10.0. The normalized spacial score (nSPS) is 19.9. The fourth-order valence-corrected chi connectivity index (χ4v) is 7.06. The van der Waals surface area contributed by atoms with E-state index in [0.717, 1.165) is 0 Å². The lowest BCUT2D eigenvalue weighted by Gasteiger charge is -2.22. The summed E-state index contributed by atoms with van der Waals surface area (Å²) in [5.74, 6) is 4.87. The van der Waals surface area contributed by atoms with Gasteiger partial charge in [-0.25, -0.2) is 0 Å². The second kappa shape index (κ2) is 3.92. The van der Waals surface area contributed by atoms with Gasteiger partial charge in [-0.2, -0.15) is 0 Å².